The molecule has 0 aliphatic rings. The fourth-order valence-electron chi connectivity index (χ4n) is 1.72. The van der Waals surface area contributed by atoms with Gasteiger partial charge in [0.25, 0.3) is 0 Å². The van der Waals surface area contributed by atoms with Gasteiger partial charge in [-0.3, -0.25) is 4.79 Å². The van der Waals surface area contributed by atoms with Gasteiger partial charge >= 0.3 is 0 Å². The molecule has 0 saturated carbocycles. The summed E-state index contributed by atoms with van der Waals surface area (Å²) >= 11 is 1.77. The Kier molecular flexibility index (Phi) is 5.50. The maximum Gasteiger partial charge on any atom is 0.225 e. The van der Waals surface area contributed by atoms with Crippen LogP contribution in [0.4, 0.5) is 11.4 Å². The molecule has 3 N–H and O–H groups in total. The van der Waals surface area contributed by atoms with E-state index in [2.05, 4.69) is 17.4 Å². The SMILES string of the molecule is Nc1ccc(NC(=O)CCSCc2ccccc2)cc1. The third kappa shape index (κ3) is 4.97. The summed E-state index contributed by atoms with van der Waals surface area (Å²) in [4.78, 5) is 11.8. The highest BCUT2D eigenvalue weighted by atomic mass is 32.2. The van der Waals surface area contributed by atoms with E-state index in [0.29, 0.717) is 12.1 Å². The molecule has 0 saturated heterocycles. The molecule has 3 nitrogen and oxygen atoms in total. The molecule has 2 aromatic carbocycles. The molecule has 0 bridgehead atoms. The van der Waals surface area contributed by atoms with Gasteiger partial charge in [-0.15, -0.1) is 0 Å². The molecule has 0 aliphatic heterocycles. The van der Waals surface area contributed by atoms with Gasteiger partial charge in [-0.1, -0.05) is 30.3 Å². The van der Waals surface area contributed by atoms with Gasteiger partial charge < -0.3 is 11.1 Å². The van der Waals surface area contributed by atoms with Crippen LogP contribution in [0.25, 0.3) is 0 Å². The molecule has 104 valence electrons. The number of benzene rings is 2. The number of anilines is 2. The minimum Gasteiger partial charge on any atom is -0.399 e. The number of nitrogen functional groups attached to an aromatic ring is 1. The van der Waals surface area contributed by atoms with Crippen LogP contribution >= 0.6 is 11.8 Å². The number of carbonyl (C=O) groups is 1. The first kappa shape index (κ1) is 14.5. The molecule has 4 heteroatoms. The van der Waals surface area contributed by atoms with Crippen LogP contribution in [-0.4, -0.2) is 11.7 Å². The van der Waals surface area contributed by atoms with Gasteiger partial charge in [0.05, 0.1) is 0 Å². The fraction of sp³-hybridized carbons (Fsp3) is 0.188. The highest BCUT2D eigenvalue weighted by Gasteiger charge is 2.02. The molecule has 2 aromatic rings. The van der Waals surface area contributed by atoms with Crippen LogP contribution in [0.15, 0.2) is 54.6 Å². The largest absolute Gasteiger partial charge is 0.399 e. The van der Waals surface area contributed by atoms with E-state index in [-0.39, 0.29) is 5.91 Å². The Morgan fingerprint density at radius 2 is 1.75 bits per heavy atom. The number of hydrogen-bond donors (Lipinski definition) is 2. The van der Waals surface area contributed by atoms with E-state index in [0.717, 1.165) is 17.2 Å². The number of rotatable bonds is 6. The number of thioether (sulfide) groups is 1. The zero-order valence-electron chi connectivity index (χ0n) is 11.2. The van der Waals surface area contributed by atoms with Gasteiger partial charge in [-0.25, -0.2) is 0 Å². The number of nitrogens with two attached hydrogens (primary N) is 1. The van der Waals surface area contributed by atoms with Crippen molar-refractivity contribution in [3.05, 3.63) is 60.2 Å². The fourth-order valence-corrected chi connectivity index (χ4v) is 2.62. The van der Waals surface area contributed by atoms with E-state index in [4.69, 9.17) is 5.73 Å². The summed E-state index contributed by atoms with van der Waals surface area (Å²) in [6.07, 6.45) is 0.516. The summed E-state index contributed by atoms with van der Waals surface area (Å²) in [5, 5.41) is 2.86. The summed E-state index contributed by atoms with van der Waals surface area (Å²) in [6.45, 7) is 0. The molecule has 0 aliphatic carbocycles. The first-order valence-electron chi connectivity index (χ1n) is 6.51. The maximum absolute atomic E-state index is 11.8. The highest BCUT2D eigenvalue weighted by Crippen LogP contribution is 2.14. The Bertz CT molecular complexity index is 540. The molecule has 0 aromatic heterocycles. The highest BCUT2D eigenvalue weighted by molar-refractivity contribution is 7.98. The van der Waals surface area contributed by atoms with Gasteiger partial charge in [0.15, 0.2) is 0 Å². The van der Waals surface area contributed by atoms with E-state index in [1.807, 2.05) is 30.3 Å². The van der Waals surface area contributed by atoms with Crippen molar-refractivity contribution in [2.24, 2.45) is 0 Å². The van der Waals surface area contributed by atoms with Crippen molar-refractivity contribution in [2.75, 3.05) is 16.8 Å². The normalized spacial score (nSPS) is 10.2. The summed E-state index contributed by atoms with van der Waals surface area (Å²) in [7, 11) is 0. The average molecular weight is 286 g/mol. The van der Waals surface area contributed by atoms with Crippen molar-refractivity contribution >= 4 is 29.0 Å². The lowest BCUT2D eigenvalue weighted by molar-refractivity contribution is -0.115. The van der Waals surface area contributed by atoms with E-state index < -0.39 is 0 Å². The van der Waals surface area contributed by atoms with E-state index in [9.17, 15) is 4.79 Å². The van der Waals surface area contributed by atoms with Crippen LogP contribution in [-0.2, 0) is 10.5 Å². The van der Waals surface area contributed by atoms with Crippen LogP contribution in [0, 0.1) is 0 Å². The quantitative estimate of drug-likeness (QED) is 0.631. The standard InChI is InChI=1S/C16H18N2OS/c17-14-6-8-15(9-7-14)18-16(19)10-11-20-12-13-4-2-1-3-5-13/h1-9H,10-12,17H2,(H,18,19). The predicted molar refractivity (Wildman–Crippen MR) is 86.7 cm³/mol. The summed E-state index contributed by atoms with van der Waals surface area (Å²) in [6, 6.07) is 17.4. The number of nitrogens with one attached hydrogen (secondary N) is 1. The molecule has 1 amide bonds. The molecule has 0 heterocycles. The van der Waals surface area contributed by atoms with Crippen molar-refractivity contribution < 1.29 is 4.79 Å². The molecule has 0 radical (unpaired) electrons. The predicted octanol–water partition coefficient (Wildman–Crippen LogP) is 3.53. The summed E-state index contributed by atoms with van der Waals surface area (Å²) in [5.74, 6) is 1.79. The number of amides is 1. The van der Waals surface area contributed by atoms with Crippen LogP contribution in [0.5, 0.6) is 0 Å². The Morgan fingerprint density at radius 1 is 1.05 bits per heavy atom. The van der Waals surface area contributed by atoms with Crippen LogP contribution in [0.1, 0.15) is 12.0 Å². The lowest BCUT2D eigenvalue weighted by atomic mass is 10.2. The molecule has 2 rings (SSSR count). The molecule has 20 heavy (non-hydrogen) atoms. The second-order valence-corrected chi connectivity index (χ2v) is 5.56. The third-order valence-electron chi connectivity index (χ3n) is 2.78. The Labute approximate surface area is 123 Å². The Morgan fingerprint density at radius 3 is 2.45 bits per heavy atom. The Hall–Kier alpha value is -1.94. The Balaban J connectivity index is 1.66. The third-order valence-corrected chi connectivity index (χ3v) is 3.81. The smallest absolute Gasteiger partial charge is 0.225 e. The molecule has 0 fully saturated rings. The van der Waals surface area contributed by atoms with Crippen molar-refractivity contribution in [3.63, 3.8) is 0 Å². The minimum atomic E-state index is 0.0373. The lowest BCUT2D eigenvalue weighted by Gasteiger charge is -2.05. The summed E-state index contributed by atoms with van der Waals surface area (Å²) < 4.78 is 0. The summed E-state index contributed by atoms with van der Waals surface area (Å²) in [5.41, 5.74) is 8.37. The van der Waals surface area contributed by atoms with Crippen molar-refractivity contribution in [2.45, 2.75) is 12.2 Å². The zero-order chi connectivity index (χ0) is 14.2. The van der Waals surface area contributed by atoms with Gasteiger partial charge in [-0.05, 0) is 29.8 Å². The van der Waals surface area contributed by atoms with Crippen molar-refractivity contribution in [1.82, 2.24) is 0 Å². The van der Waals surface area contributed by atoms with E-state index >= 15 is 0 Å². The van der Waals surface area contributed by atoms with Crippen molar-refractivity contribution in [1.29, 1.82) is 0 Å². The average Bonchev–Trinajstić information content (AvgIpc) is 2.47. The topological polar surface area (TPSA) is 55.1 Å². The molecule has 0 atom stereocenters. The van der Waals surface area contributed by atoms with Gasteiger partial charge in [0, 0.05) is 29.3 Å². The maximum atomic E-state index is 11.8. The molecule has 0 spiro atoms. The van der Waals surface area contributed by atoms with Crippen molar-refractivity contribution in [3.8, 4) is 0 Å². The van der Waals surface area contributed by atoms with Crippen LogP contribution in [0.3, 0.4) is 0 Å². The lowest BCUT2D eigenvalue weighted by Crippen LogP contribution is -2.12. The first-order valence-corrected chi connectivity index (χ1v) is 7.66. The zero-order valence-corrected chi connectivity index (χ0v) is 12.0. The van der Waals surface area contributed by atoms with Gasteiger partial charge in [0.2, 0.25) is 5.91 Å². The molecular weight excluding hydrogens is 268 g/mol. The minimum absolute atomic E-state index is 0.0373. The van der Waals surface area contributed by atoms with Gasteiger partial charge in [0.1, 0.15) is 0 Å². The van der Waals surface area contributed by atoms with Gasteiger partial charge in [-0.2, -0.15) is 11.8 Å². The number of hydrogen-bond acceptors (Lipinski definition) is 3. The number of carbonyl (C=O) groups excluding carboxylic acids is 1. The second-order valence-electron chi connectivity index (χ2n) is 4.46. The van der Waals surface area contributed by atoms with E-state index in [1.54, 1.807) is 23.9 Å². The first-order chi connectivity index (χ1) is 9.74. The molecule has 0 unspecified atom stereocenters. The molecular formula is C16H18N2OS. The second kappa shape index (κ2) is 7.60. The van der Waals surface area contributed by atoms with E-state index in [1.165, 1.54) is 5.56 Å². The van der Waals surface area contributed by atoms with Crippen LogP contribution in [0.2, 0.25) is 0 Å². The monoisotopic (exact) mass is 286 g/mol. The van der Waals surface area contributed by atoms with Crippen LogP contribution < -0.4 is 11.1 Å².